The molecule has 0 aliphatic heterocycles. The first-order valence-electron chi connectivity index (χ1n) is 8.42. The zero-order valence-electron chi connectivity index (χ0n) is 14.8. The van der Waals surface area contributed by atoms with Gasteiger partial charge in [-0.25, -0.2) is 9.59 Å². The van der Waals surface area contributed by atoms with Gasteiger partial charge in [-0.2, -0.15) is 8.42 Å². The average molecular weight is 438 g/mol. The molecule has 1 heterocycles. The second-order valence-corrected chi connectivity index (χ2v) is 8.36. The molecule has 11 heteroatoms. The normalized spacial score (nSPS) is 13.4. The molecule has 2 N–H and O–H groups in total. The fourth-order valence-corrected chi connectivity index (χ4v) is 3.97. The average Bonchev–Trinajstić information content (AvgIpc) is 3.45. The van der Waals surface area contributed by atoms with E-state index < -0.39 is 21.9 Å². The van der Waals surface area contributed by atoms with Crippen molar-refractivity contribution in [3.63, 3.8) is 0 Å². The monoisotopic (exact) mass is 437 g/mol. The van der Waals surface area contributed by atoms with E-state index in [0.29, 0.717) is 20.5 Å². The van der Waals surface area contributed by atoms with E-state index >= 15 is 0 Å². The Morgan fingerprint density at radius 1 is 1.03 bits per heavy atom. The van der Waals surface area contributed by atoms with Gasteiger partial charge in [0.1, 0.15) is 0 Å². The van der Waals surface area contributed by atoms with Gasteiger partial charge in [0.2, 0.25) is 0 Å². The smallest absolute Gasteiger partial charge is 0.450 e. The van der Waals surface area contributed by atoms with Gasteiger partial charge in [0, 0.05) is 16.6 Å². The molecule has 4 rings (SSSR count). The number of aromatic nitrogens is 3. The molecule has 29 heavy (non-hydrogen) atoms. The summed E-state index contributed by atoms with van der Waals surface area (Å²) < 4.78 is 27.7. The Morgan fingerprint density at radius 3 is 2.10 bits per heavy atom. The molecule has 9 nitrogen and oxygen atoms in total. The Kier molecular flexibility index (Phi) is 5.76. The maximum absolute atomic E-state index is 12.8. The van der Waals surface area contributed by atoms with E-state index in [-0.39, 0.29) is 10.9 Å². The maximum atomic E-state index is 12.8. The minimum absolute atomic E-state index is 0.0158. The van der Waals surface area contributed by atoms with Crippen molar-refractivity contribution in [3.05, 3.63) is 70.1 Å². The Hall–Kier alpha value is -3.11. The minimum Gasteiger partial charge on any atom is -0.450 e. The molecule has 1 saturated carbocycles. The SMILES string of the molecule is O=C(O)O.O=c1n(S(=O)(=O)c2ccccc2)nc(-c2ccc(Cl)cc2)n1C1CC1. The quantitative estimate of drug-likeness (QED) is 0.640. The predicted molar refractivity (Wildman–Crippen MR) is 105 cm³/mol. The van der Waals surface area contributed by atoms with Crippen LogP contribution in [0.1, 0.15) is 18.9 Å². The molecule has 1 aliphatic carbocycles. The lowest BCUT2D eigenvalue weighted by Gasteiger charge is -2.03. The third-order valence-corrected chi connectivity index (χ3v) is 5.88. The molecule has 0 bridgehead atoms. The van der Waals surface area contributed by atoms with Crippen molar-refractivity contribution in [3.8, 4) is 11.4 Å². The third kappa shape index (κ3) is 4.49. The van der Waals surface area contributed by atoms with Crippen LogP contribution in [-0.2, 0) is 10.0 Å². The number of hydrogen-bond donors (Lipinski definition) is 2. The summed E-state index contributed by atoms with van der Waals surface area (Å²) in [5.74, 6) is 0.337. The molecule has 0 unspecified atom stereocenters. The summed E-state index contributed by atoms with van der Waals surface area (Å²) in [6.07, 6.45) is -0.171. The van der Waals surface area contributed by atoms with Crippen molar-refractivity contribution in [2.45, 2.75) is 23.8 Å². The first-order chi connectivity index (χ1) is 13.7. The number of carbonyl (C=O) groups is 1. The van der Waals surface area contributed by atoms with E-state index in [4.69, 9.17) is 26.6 Å². The lowest BCUT2D eigenvalue weighted by molar-refractivity contribution is 0.137. The maximum Gasteiger partial charge on any atom is 0.503 e. The topological polar surface area (TPSA) is 131 Å². The molecule has 1 aromatic heterocycles. The van der Waals surface area contributed by atoms with Gasteiger partial charge >= 0.3 is 11.8 Å². The number of hydrogen-bond acceptors (Lipinski definition) is 5. The largest absolute Gasteiger partial charge is 0.503 e. The van der Waals surface area contributed by atoms with E-state index in [2.05, 4.69) is 5.10 Å². The van der Waals surface area contributed by atoms with Crippen LogP contribution in [-0.4, -0.2) is 38.5 Å². The van der Waals surface area contributed by atoms with E-state index in [1.54, 1.807) is 42.5 Å². The Morgan fingerprint density at radius 2 is 1.59 bits per heavy atom. The molecular formula is C18H16ClN3O6S. The van der Waals surface area contributed by atoms with Gasteiger partial charge in [0.15, 0.2) is 5.82 Å². The summed E-state index contributed by atoms with van der Waals surface area (Å²) in [6.45, 7) is 0. The summed E-state index contributed by atoms with van der Waals surface area (Å²) >= 11 is 5.91. The van der Waals surface area contributed by atoms with E-state index in [9.17, 15) is 13.2 Å². The molecule has 0 saturated heterocycles. The van der Waals surface area contributed by atoms with Crippen LogP contribution >= 0.6 is 11.6 Å². The molecule has 1 fully saturated rings. The minimum atomic E-state index is -4.05. The van der Waals surface area contributed by atoms with Crippen LogP contribution in [0.3, 0.4) is 0 Å². The van der Waals surface area contributed by atoms with E-state index in [1.165, 1.54) is 16.7 Å². The predicted octanol–water partition coefficient (Wildman–Crippen LogP) is 3.16. The standard InChI is InChI=1S/C17H14ClN3O3S.CH2O3/c18-13-8-6-12(7-9-13)16-19-21(17(22)20(16)14-10-11-14)25(23,24)15-4-2-1-3-5-15;2-1(3)4/h1-9,14H,10-11H2;(H2,2,3,4). The number of halogens is 1. The zero-order valence-corrected chi connectivity index (χ0v) is 16.4. The highest BCUT2D eigenvalue weighted by Crippen LogP contribution is 2.36. The molecule has 3 aromatic rings. The summed E-state index contributed by atoms with van der Waals surface area (Å²) in [7, 11) is -4.05. The van der Waals surface area contributed by atoms with Gasteiger partial charge in [0.25, 0.3) is 10.0 Å². The van der Waals surface area contributed by atoms with Crippen LogP contribution in [0.25, 0.3) is 11.4 Å². The van der Waals surface area contributed by atoms with Crippen LogP contribution in [0, 0.1) is 0 Å². The van der Waals surface area contributed by atoms with Gasteiger partial charge in [-0.3, -0.25) is 4.57 Å². The first kappa shape index (κ1) is 20.6. The van der Waals surface area contributed by atoms with Crippen molar-refractivity contribution in [2.75, 3.05) is 0 Å². The van der Waals surface area contributed by atoms with Crippen LogP contribution in [0.5, 0.6) is 0 Å². The summed E-state index contributed by atoms with van der Waals surface area (Å²) in [6, 6.07) is 14.6. The molecule has 0 atom stereocenters. The summed E-state index contributed by atoms with van der Waals surface area (Å²) in [4.78, 5) is 21.4. The van der Waals surface area contributed by atoms with Gasteiger partial charge in [-0.15, -0.1) is 5.10 Å². The van der Waals surface area contributed by atoms with Crippen molar-refractivity contribution in [2.24, 2.45) is 0 Å². The zero-order chi connectivity index (χ0) is 21.2. The van der Waals surface area contributed by atoms with Crippen molar-refractivity contribution < 1.29 is 23.4 Å². The molecule has 152 valence electrons. The van der Waals surface area contributed by atoms with E-state index in [0.717, 1.165) is 12.8 Å². The number of nitrogens with zero attached hydrogens (tertiary/aromatic N) is 3. The molecule has 0 radical (unpaired) electrons. The fraction of sp³-hybridized carbons (Fsp3) is 0.167. The number of benzene rings is 2. The van der Waals surface area contributed by atoms with Crippen LogP contribution < -0.4 is 5.69 Å². The van der Waals surface area contributed by atoms with Crippen molar-refractivity contribution >= 4 is 27.8 Å². The first-order valence-corrected chi connectivity index (χ1v) is 10.2. The van der Waals surface area contributed by atoms with E-state index in [1.807, 2.05) is 0 Å². The van der Waals surface area contributed by atoms with Crippen LogP contribution in [0.4, 0.5) is 4.79 Å². The molecular weight excluding hydrogens is 422 g/mol. The Balaban J connectivity index is 0.000000552. The van der Waals surface area contributed by atoms with Gasteiger partial charge < -0.3 is 10.2 Å². The molecule has 0 spiro atoms. The highest BCUT2D eigenvalue weighted by atomic mass is 35.5. The number of carboxylic acid groups (broad SMARTS) is 2. The molecule has 2 aromatic carbocycles. The Bertz CT molecular complexity index is 1180. The lowest BCUT2D eigenvalue weighted by atomic mass is 10.2. The van der Waals surface area contributed by atoms with Gasteiger partial charge in [-0.1, -0.05) is 33.9 Å². The van der Waals surface area contributed by atoms with Crippen LogP contribution in [0.2, 0.25) is 5.02 Å². The second-order valence-electron chi connectivity index (χ2n) is 6.16. The van der Waals surface area contributed by atoms with Crippen molar-refractivity contribution in [1.82, 2.24) is 13.8 Å². The highest BCUT2D eigenvalue weighted by molar-refractivity contribution is 7.89. The second kappa shape index (κ2) is 8.10. The Labute approximate surface area is 170 Å². The molecule has 0 amide bonds. The number of rotatable bonds is 4. The lowest BCUT2D eigenvalue weighted by Crippen LogP contribution is -2.30. The van der Waals surface area contributed by atoms with Gasteiger partial charge in [0.05, 0.1) is 4.90 Å². The molecule has 1 aliphatic rings. The fourth-order valence-electron chi connectivity index (χ4n) is 2.67. The summed E-state index contributed by atoms with van der Waals surface area (Å²) in [5.41, 5.74) is 0.00622. The van der Waals surface area contributed by atoms with Gasteiger partial charge in [-0.05, 0) is 49.2 Å². The third-order valence-electron chi connectivity index (χ3n) is 4.07. The van der Waals surface area contributed by atoms with Crippen LogP contribution in [0.15, 0.2) is 64.3 Å². The highest BCUT2D eigenvalue weighted by Gasteiger charge is 2.33. The summed E-state index contributed by atoms with van der Waals surface area (Å²) in [5, 5.41) is 18.7. The van der Waals surface area contributed by atoms with Crippen molar-refractivity contribution in [1.29, 1.82) is 0 Å².